The average molecular weight is 511 g/mol. The molecule has 0 radical (unpaired) electrons. The number of anilines is 1. The highest BCUT2D eigenvalue weighted by atomic mass is 35.5. The normalized spacial score (nSPS) is 15.6. The first-order valence-corrected chi connectivity index (χ1v) is 12.7. The van der Waals surface area contributed by atoms with Crippen molar-refractivity contribution in [1.82, 2.24) is 4.57 Å². The van der Waals surface area contributed by atoms with Crippen LogP contribution in [-0.4, -0.2) is 42.4 Å². The number of carbonyl (C=O) groups is 2. The van der Waals surface area contributed by atoms with Gasteiger partial charge in [-0.05, 0) is 63.4 Å². The van der Waals surface area contributed by atoms with Gasteiger partial charge in [0.15, 0.2) is 5.78 Å². The number of nitrogens with zero attached hydrogens (tertiary/aromatic N) is 1. The van der Waals surface area contributed by atoms with E-state index in [4.69, 9.17) is 25.4 Å². The van der Waals surface area contributed by atoms with Gasteiger partial charge >= 0.3 is 13.7 Å². The predicted octanol–water partition coefficient (Wildman–Crippen LogP) is 5.06. The predicted molar refractivity (Wildman–Crippen MR) is 130 cm³/mol. The van der Waals surface area contributed by atoms with Crippen LogP contribution in [0, 0.1) is 0 Å². The van der Waals surface area contributed by atoms with Gasteiger partial charge in [-0.15, -0.1) is 0 Å². The third-order valence-electron chi connectivity index (χ3n) is 5.34. The molecule has 1 aromatic heterocycles. The third kappa shape index (κ3) is 5.96. The quantitative estimate of drug-likeness (QED) is 0.518. The second-order valence-electron chi connectivity index (χ2n) is 8.92. The minimum Gasteiger partial charge on any atom is -0.444 e. The Bertz CT molecular complexity index is 1210. The Morgan fingerprint density at radius 2 is 1.85 bits per heavy atom. The van der Waals surface area contributed by atoms with Crippen LogP contribution in [0.25, 0.3) is 11.1 Å². The third-order valence-corrected chi connectivity index (χ3v) is 7.39. The van der Waals surface area contributed by atoms with Gasteiger partial charge in [-0.25, -0.2) is 4.79 Å². The second kappa shape index (κ2) is 10.0. The lowest BCUT2D eigenvalue weighted by atomic mass is 10.0. The van der Waals surface area contributed by atoms with Crippen LogP contribution in [0.1, 0.15) is 38.9 Å². The minimum atomic E-state index is -3.55. The van der Waals surface area contributed by atoms with Crippen molar-refractivity contribution >= 4 is 36.8 Å². The van der Waals surface area contributed by atoms with E-state index in [-0.39, 0.29) is 0 Å². The molecule has 184 valence electrons. The highest BCUT2D eigenvalue weighted by Crippen LogP contribution is 2.47. The van der Waals surface area contributed by atoms with Crippen LogP contribution in [0.3, 0.4) is 0 Å². The number of ketones is 1. The molecule has 1 atom stereocenters. The molecular formula is C23H28ClN2O7P. The fraction of sp³-hybridized carbons (Fsp3) is 0.435. The molecular weight excluding hydrogens is 483 g/mol. The first-order chi connectivity index (χ1) is 15.9. The standard InChI is InChI=1S/C23H28ClN2O7P/c1-23(2,3)33-22(29)25-18-8-6-15(24)12-17(18)14-10-16-7-9-19(26(16)21(28)11-14)20(27)13-34(30,31-4)32-5/h6,8,10-12,19H,7,9,13H2,1-5H3,(H,25,29). The highest BCUT2D eigenvalue weighted by molar-refractivity contribution is 7.54. The van der Waals surface area contributed by atoms with Gasteiger partial charge in [0.05, 0.1) is 11.7 Å². The van der Waals surface area contributed by atoms with Crippen LogP contribution in [0.5, 0.6) is 0 Å². The van der Waals surface area contributed by atoms with E-state index in [1.165, 1.54) is 24.9 Å². The zero-order valence-electron chi connectivity index (χ0n) is 19.7. The monoisotopic (exact) mass is 510 g/mol. The molecule has 0 spiro atoms. The number of fused-ring (bicyclic) bond motifs is 1. The molecule has 9 nitrogen and oxygen atoms in total. The summed E-state index contributed by atoms with van der Waals surface area (Å²) < 4.78 is 28.9. The Morgan fingerprint density at radius 1 is 1.18 bits per heavy atom. The van der Waals surface area contributed by atoms with Crippen molar-refractivity contribution in [3.05, 3.63) is 51.4 Å². The summed E-state index contributed by atoms with van der Waals surface area (Å²) in [7, 11) is -1.12. The molecule has 0 fully saturated rings. The first-order valence-electron chi connectivity index (χ1n) is 10.6. The van der Waals surface area contributed by atoms with Crippen molar-refractivity contribution in [2.45, 2.75) is 45.3 Å². The summed E-state index contributed by atoms with van der Waals surface area (Å²) in [4.78, 5) is 38.2. The molecule has 1 amide bonds. The summed E-state index contributed by atoms with van der Waals surface area (Å²) in [5.74, 6) is -0.393. The fourth-order valence-electron chi connectivity index (χ4n) is 3.83. The number of carbonyl (C=O) groups excluding carboxylic acids is 2. The van der Waals surface area contributed by atoms with E-state index in [9.17, 15) is 18.9 Å². The minimum absolute atomic E-state index is 0.392. The molecule has 0 bridgehead atoms. The van der Waals surface area contributed by atoms with E-state index in [1.54, 1.807) is 45.0 Å². The Morgan fingerprint density at radius 3 is 2.47 bits per heavy atom. The maximum absolute atomic E-state index is 13.1. The zero-order chi connectivity index (χ0) is 25.3. The summed E-state index contributed by atoms with van der Waals surface area (Å²) in [5.41, 5.74) is 1.08. The lowest BCUT2D eigenvalue weighted by Crippen LogP contribution is -2.29. The van der Waals surface area contributed by atoms with Crippen LogP contribution in [0.4, 0.5) is 10.5 Å². The van der Waals surface area contributed by atoms with Gasteiger partial charge in [0, 0.05) is 36.6 Å². The average Bonchev–Trinajstić information content (AvgIpc) is 3.18. The molecule has 1 aliphatic heterocycles. The van der Waals surface area contributed by atoms with E-state index >= 15 is 0 Å². The summed E-state index contributed by atoms with van der Waals surface area (Å²) in [5, 5.41) is 3.13. The number of halogens is 1. The maximum Gasteiger partial charge on any atom is 0.412 e. The number of nitrogens with one attached hydrogen (secondary N) is 1. The smallest absolute Gasteiger partial charge is 0.412 e. The van der Waals surface area contributed by atoms with Crippen LogP contribution < -0.4 is 10.9 Å². The van der Waals surface area contributed by atoms with Crippen molar-refractivity contribution in [3.63, 3.8) is 0 Å². The number of rotatable bonds is 7. The Kier molecular flexibility index (Phi) is 7.72. The molecule has 1 aromatic carbocycles. The number of benzene rings is 1. The Balaban J connectivity index is 1.95. The van der Waals surface area contributed by atoms with Crippen LogP contribution in [0.2, 0.25) is 5.02 Å². The van der Waals surface area contributed by atoms with Crippen LogP contribution in [0.15, 0.2) is 35.1 Å². The summed E-state index contributed by atoms with van der Waals surface area (Å²) in [6.45, 7) is 5.27. The second-order valence-corrected chi connectivity index (χ2v) is 11.6. The molecule has 1 unspecified atom stereocenters. The van der Waals surface area contributed by atoms with E-state index < -0.39 is 42.8 Å². The Labute approximate surface area is 202 Å². The maximum atomic E-state index is 13.1. The number of Topliss-reactive ketones (excluding diaryl/α,β-unsaturated/α-hetero) is 1. The van der Waals surface area contributed by atoms with Crippen LogP contribution >= 0.6 is 19.2 Å². The van der Waals surface area contributed by atoms with Crippen molar-refractivity contribution in [1.29, 1.82) is 0 Å². The number of aryl methyl sites for hydroxylation is 1. The van der Waals surface area contributed by atoms with Crippen LogP contribution in [-0.2, 0) is 29.6 Å². The SMILES string of the molecule is COP(=O)(CC(=O)C1CCc2cc(-c3cc(Cl)ccc3NC(=O)OC(C)(C)C)cc(=O)n21)OC. The lowest BCUT2D eigenvalue weighted by Gasteiger charge is -2.21. The summed E-state index contributed by atoms with van der Waals surface area (Å²) in [6.07, 6.45) is -0.195. The van der Waals surface area contributed by atoms with Crippen molar-refractivity contribution < 1.29 is 27.9 Å². The van der Waals surface area contributed by atoms with Gasteiger partial charge in [-0.1, -0.05) is 11.6 Å². The van der Waals surface area contributed by atoms with Crippen molar-refractivity contribution in [2.75, 3.05) is 25.7 Å². The molecule has 2 heterocycles. The van der Waals surface area contributed by atoms with Crippen molar-refractivity contribution in [3.8, 4) is 11.1 Å². The summed E-state index contributed by atoms with van der Waals surface area (Å²) in [6, 6.07) is 7.31. The van der Waals surface area contributed by atoms with Gasteiger partial charge in [0.2, 0.25) is 0 Å². The van der Waals surface area contributed by atoms with Gasteiger partial charge in [-0.2, -0.15) is 0 Å². The van der Waals surface area contributed by atoms with Gasteiger partial charge in [0.1, 0.15) is 11.8 Å². The summed E-state index contributed by atoms with van der Waals surface area (Å²) >= 11 is 6.20. The van der Waals surface area contributed by atoms with E-state index in [0.717, 1.165) is 0 Å². The van der Waals surface area contributed by atoms with Gasteiger partial charge in [-0.3, -0.25) is 19.5 Å². The molecule has 1 aliphatic rings. The molecule has 0 aliphatic carbocycles. The van der Waals surface area contributed by atoms with E-state index in [1.807, 2.05) is 0 Å². The number of aromatic nitrogens is 1. The number of amides is 1. The zero-order valence-corrected chi connectivity index (χ0v) is 21.4. The molecule has 0 saturated heterocycles. The van der Waals surface area contributed by atoms with Crippen molar-refractivity contribution in [2.24, 2.45) is 0 Å². The number of hydrogen-bond acceptors (Lipinski definition) is 7. The number of hydrogen-bond donors (Lipinski definition) is 1. The van der Waals surface area contributed by atoms with E-state index in [2.05, 4.69) is 5.32 Å². The fourth-order valence-corrected chi connectivity index (χ4v) is 5.00. The largest absolute Gasteiger partial charge is 0.444 e. The lowest BCUT2D eigenvalue weighted by molar-refractivity contribution is -0.119. The Hall–Kier alpha value is -2.45. The topological polar surface area (TPSA) is 113 Å². The molecule has 34 heavy (non-hydrogen) atoms. The van der Waals surface area contributed by atoms with Gasteiger partial charge < -0.3 is 18.4 Å². The molecule has 2 aromatic rings. The molecule has 0 saturated carbocycles. The molecule has 11 heteroatoms. The highest BCUT2D eigenvalue weighted by Gasteiger charge is 2.35. The van der Waals surface area contributed by atoms with E-state index in [0.29, 0.717) is 40.4 Å². The molecule has 1 N–H and O–H groups in total. The number of ether oxygens (including phenoxy) is 1. The molecule has 3 rings (SSSR count). The number of pyridine rings is 1. The first kappa shape index (κ1) is 26.2. The van der Waals surface area contributed by atoms with Gasteiger partial charge in [0.25, 0.3) is 5.56 Å².